The van der Waals surface area contributed by atoms with Gasteiger partial charge in [-0.05, 0) is 32.8 Å². The monoisotopic (exact) mass is 374 g/mol. The molecule has 3 heterocycles. The number of hydrogen-bond acceptors (Lipinski definition) is 4. The van der Waals surface area contributed by atoms with E-state index in [1.807, 2.05) is 24.6 Å². The van der Waals surface area contributed by atoms with E-state index in [1.54, 1.807) is 4.90 Å². The Hall–Kier alpha value is -1.89. The second-order valence-electron chi connectivity index (χ2n) is 8.70. The highest BCUT2D eigenvalue weighted by Gasteiger charge is 2.59. The van der Waals surface area contributed by atoms with E-state index in [0.29, 0.717) is 38.6 Å². The fourth-order valence-corrected chi connectivity index (χ4v) is 5.41. The normalized spacial score (nSPS) is 28.8. The predicted molar refractivity (Wildman–Crippen MR) is 100 cm³/mol. The number of aromatic nitrogens is 2. The van der Waals surface area contributed by atoms with E-state index in [0.717, 1.165) is 17.9 Å². The maximum absolute atomic E-state index is 12.7. The summed E-state index contributed by atoms with van der Waals surface area (Å²) in [6.07, 6.45) is 5.25. The van der Waals surface area contributed by atoms with Gasteiger partial charge >= 0.3 is 5.97 Å². The molecule has 2 saturated heterocycles. The van der Waals surface area contributed by atoms with Gasteiger partial charge in [0, 0.05) is 56.8 Å². The molecule has 1 N–H and O–H groups in total. The zero-order chi connectivity index (χ0) is 19.2. The molecular formula is C20H30N4O3. The Morgan fingerprint density at radius 3 is 2.56 bits per heavy atom. The van der Waals surface area contributed by atoms with Gasteiger partial charge in [0.1, 0.15) is 5.41 Å². The second-order valence-corrected chi connectivity index (χ2v) is 8.70. The third-order valence-electron chi connectivity index (χ3n) is 6.90. The van der Waals surface area contributed by atoms with Gasteiger partial charge in [0.25, 0.3) is 0 Å². The van der Waals surface area contributed by atoms with Gasteiger partial charge in [-0.2, -0.15) is 5.10 Å². The molecular weight excluding hydrogens is 344 g/mol. The molecule has 1 saturated carbocycles. The Balaban J connectivity index is 1.40. The first-order valence-corrected chi connectivity index (χ1v) is 10.2. The Kier molecular flexibility index (Phi) is 4.74. The van der Waals surface area contributed by atoms with Gasteiger partial charge in [-0.3, -0.25) is 19.2 Å². The summed E-state index contributed by atoms with van der Waals surface area (Å²) in [4.78, 5) is 29.1. The minimum Gasteiger partial charge on any atom is -0.481 e. The van der Waals surface area contributed by atoms with Crippen molar-refractivity contribution >= 4 is 11.9 Å². The first-order chi connectivity index (χ1) is 12.9. The highest BCUT2D eigenvalue weighted by Crippen LogP contribution is 2.45. The number of carboxylic acid groups (broad SMARTS) is 1. The van der Waals surface area contributed by atoms with Crippen molar-refractivity contribution in [2.45, 2.75) is 58.5 Å². The molecule has 0 aromatic carbocycles. The van der Waals surface area contributed by atoms with Crippen molar-refractivity contribution in [3.05, 3.63) is 17.5 Å². The summed E-state index contributed by atoms with van der Waals surface area (Å²) in [5, 5.41) is 14.4. The van der Waals surface area contributed by atoms with Crippen LogP contribution < -0.4 is 0 Å². The number of nitrogens with zero attached hydrogens (tertiary/aromatic N) is 4. The summed E-state index contributed by atoms with van der Waals surface area (Å²) in [6.45, 7) is 6.82. The maximum atomic E-state index is 12.7. The molecule has 27 heavy (non-hydrogen) atoms. The minimum absolute atomic E-state index is 0.0463. The van der Waals surface area contributed by atoms with Crippen LogP contribution in [0, 0.1) is 25.2 Å². The Bertz CT molecular complexity index is 740. The summed E-state index contributed by atoms with van der Waals surface area (Å²) in [5.74, 6) is -0.639. The Labute approximate surface area is 160 Å². The quantitative estimate of drug-likeness (QED) is 0.848. The van der Waals surface area contributed by atoms with Crippen LogP contribution in [0.1, 0.15) is 43.5 Å². The number of amides is 1. The standard InChI is InChI=1S/C20H30N4O3/c1-14-9-15(2)24(21-14)8-7-18(25)23-11-16-10-22(17-5-3-4-6-17)12-20(16,13-23)19(26)27/h9,16-17H,3-8,10-13H2,1-2H3,(H,26,27)/t16-,20-/m0/s1. The molecule has 1 amide bonds. The molecule has 0 bridgehead atoms. The largest absolute Gasteiger partial charge is 0.481 e. The number of carbonyl (C=O) groups excluding carboxylic acids is 1. The van der Waals surface area contributed by atoms with Crippen molar-refractivity contribution in [1.29, 1.82) is 0 Å². The first kappa shape index (κ1) is 18.5. The van der Waals surface area contributed by atoms with Gasteiger partial charge in [-0.1, -0.05) is 12.8 Å². The maximum Gasteiger partial charge on any atom is 0.313 e. The lowest BCUT2D eigenvalue weighted by molar-refractivity contribution is -0.149. The smallest absolute Gasteiger partial charge is 0.313 e. The molecule has 1 aromatic heterocycles. The minimum atomic E-state index is -0.781. The summed E-state index contributed by atoms with van der Waals surface area (Å²) in [7, 11) is 0. The van der Waals surface area contributed by atoms with Crippen LogP contribution in [0.5, 0.6) is 0 Å². The SMILES string of the molecule is Cc1cc(C)n(CCC(=O)N2C[C@@H]3CN(C4CCCC4)C[C@]3(C(=O)O)C2)n1. The molecule has 7 heteroatoms. The molecule has 3 aliphatic rings. The van der Waals surface area contributed by atoms with Crippen molar-refractivity contribution in [2.24, 2.45) is 11.3 Å². The molecule has 3 fully saturated rings. The van der Waals surface area contributed by atoms with Crippen LogP contribution in [0.4, 0.5) is 0 Å². The van der Waals surface area contributed by atoms with E-state index in [1.165, 1.54) is 25.7 Å². The molecule has 0 spiro atoms. The van der Waals surface area contributed by atoms with Gasteiger partial charge in [0.05, 0.1) is 5.69 Å². The Morgan fingerprint density at radius 2 is 1.96 bits per heavy atom. The zero-order valence-corrected chi connectivity index (χ0v) is 16.4. The average Bonchev–Trinajstić information content (AvgIpc) is 3.34. The lowest BCUT2D eigenvalue weighted by atomic mass is 9.81. The van der Waals surface area contributed by atoms with Gasteiger partial charge in [0.15, 0.2) is 0 Å². The number of carboxylic acids is 1. The number of fused-ring (bicyclic) bond motifs is 1. The van der Waals surface area contributed by atoms with Crippen molar-refractivity contribution in [2.75, 3.05) is 26.2 Å². The molecule has 2 aliphatic heterocycles. The second kappa shape index (κ2) is 6.93. The third kappa shape index (κ3) is 3.26. The number of rotatable bonds is 5. The zero-order valence-electron chi connectivity index (χ0n) is 16.4. The van der Waals surface area contributed by atoms with E-state index < -0.39 is 11.4 Å². The molecule has 1 aromatic rings. The van der Waals surface area contributed by atoms with Gasteiger partial charge < -0.3 is 10.0 Å². The number of hydrogen-bond donors (Lipinski definition) is 1. The van der Waals surface area contributed by atoms with Crippen molar-refractivity contribution < 1.29 is 14.7 Å². The van der Waals surface area contributed by atoms with E-state index in [2.05, 4.69) is 10.00 Å². The van der Waals surface area contributed by atoms with Gasteiger partial charge in [-0.25, -0.2) is 0 Å². The lowest BCUT2D eigenvalue weighted by Gasteiger charge is -2.28. The topological polar surface area (TPSA) is 78.7 Å². The lowest BCUT2D eigenvalue weighted by Crippen LogP contribution is -2.43. The first-order valence-electron chi connectivity index (χ1n) is 10.2. The van der Waals surface area contributed by atoms with E-state index in [-0.39, 0.29) is 11.8 Å². The van der Waals surface area contributed by atoms with Crippen molar-refractivity contribution in [1.82, 2.24) is 19.6 Å². The Morgan fingerprint density at radius 1 is 1.22 bits per heavy atom. The van der Waals surface area contributed by atoms with Crippen LogP contribution in [0.25, 0.3) is 0 Å². The van der Waals surface area contributed by atoms with Crippen LogP contribution >= 0.6 is 0 Å². The number of aliphatic carboxylic acids is 1. The van der Waals surface area contributed by atoms with Crippen LogP contribution in [0.15, 0.2) is 6.07 Å². The van der Waals surface area contributed by atoms with Crippen LogP contribution in [0.3, 0.4) is 0 Å². The van der Waals surface area contributed by atoms with Crippen LogP contribution in [0.2, 0.25) is 0 Å². The molecule has 148 valence electrons. The summed E-state index contributed by atoms with van der Waals surface area (Å²) >= 11 is 0. The number of likely N-dealkylation sites (tertiary alicyclic amines) is 2. The highest BCUT2D eigenvalue weighted by atomic mass is 16.4. The molecule has 1 aliphatic carbocycles. The van der Waals surface area contributed by atoms with E-state index >= 15 is 0 Å². The molecule has 2 atom stereocenters. The molecule has 0 unspecified atom stereocenters. The fraction of sp³-hybridized carbons (Fsp3) is 0.750. The fourth-order valence-electron chi connectivity index (χ4n) is 5.41. The number of carbonyl (C=O) groups is 2. The van der Waals surface area contributed by atoms with Gasteiger partial charge in [-0.15, -0.1) is 0 Å². The van der Waals surface area contributed by atoms with Gasteiger partial charge in [0.2, 0.25) is 5.91 Å². The van der Waals surface area contributed by atoms with Crippen molar-refractivity contribution in [3.8, 4) is 0 Å². The summed E-state index contributed by atoms with van der Waals surface area (Å²) in [5.41, 5.74) is 1.22. The molecule has 4 rings (SSSR count). The third-order valence-corrected chi connectivity index (χ3v) is 6.90. The van der Waals surface area contributed by atoms with Crippen molar-refractivity contribution in [3.63, 3.8) is 0 Å². The van der Waals surface area contributed by atoms with E-state index in [9.17, 15) is 14.7 Å². The summed E-state index contributed by atoms with van der Waals surface area (Å²) < 4.78 is 1.86. The van der Waals surface area contributed by atoms with Crippen LogP contribution in [-0.2, 0) is 16.1 Å². The average molecular weight is 374 g/mol. The number of aryl methyl sites for hydroxylation is 3. The van der Waals surface area contributed by atoms with Crippen LogP contribution in [-0.4, -0.2) is 68.8 Å². The van der Waals surface area contributed by atoms with E-state index in [4.69, 9.17) is 0 Å². The predicted octanol–water partition coefficient (Wildman–Crippen LogP) is 1.68. The molecule has 7 nitrogen and oxygen atoms in total. The summed E-state index contributed by atoms with van der Waals surface area (Å²) in [6, 6.07) is 2.55. The molecule has 0 radical (unpaired) electrons. The highest BCUT2D eigenvalue weighted by molar-refractivity contribution is 5.81.